The molecule has 6 heteroatoms. The lowest BCUT2D eigenvalue weighted by Gasteiger charge is -2.31. The van der Waals surface area contributed by atoms with Gasteiger partial charge in [-0.2, -0.15) is 0 Å². The summed E-state index contributed by atoms with van der Waals surface area (Å²) in [4.78, 5) is 29.5. The van der Waals surface area contributed by atoms with E-state index in [0.717, 1.165) is 21.6 Å². The van der Waals surface area contributed by atoms with E-state index in [1.807, 2.05) is 86.6 Å². The van der Waals surface area contributed by atoms with Crippen LogP contribution < -0.4 is 5.32 Å². The summed E-state index contributed by atoms with van der Waals surface area (Å²) in [6, 6.07) is 25.0. The molecule has 3 rings (SSSR count). The number of aryl methyl sites for hydroxylation is 1. The van der Waals surface area contributed by atoms with Crippen molar-refractivity contribution < 1.29 is 9.59 Å². The van der Waals surface area contributed by atoms with Crippen molar-refractivity contribution in [3.63, 3.8) is 0 Å². The first-order chi connectivity index (χ1) is 16.5. The number of rotatable bonds is 11. The van der Waals surface area contributed by atoms with Gasteiger partial charge in [0.2, 0.25) is 11.8 Å². The van der Waals surface area contributed by atoms with Crippen molar-refractivity contribution in [2.45, 2.75) is 44.2 Å². The number of hydrogen-bond acceptors (Lipinski definition) is 3. The topological polar surface area (TPSA) is 49.4 Å². The molecule has 0 spiro atoms. The van der Waals surface area contributed by atoms with E-state index in [1.165, 1.54) is 0 Å². The maximum absolute atomic E-state index is 13.5. The van der Waals surface area contributed by atoms with Gasteiger partial charge in [0.05, 0.1) is 0 Å². The zero-order valence-electron chi connectivity index (χ0n) is 19.7. The highest BCUT2D eigenvalue weighted by Crippen LogP contribution is 2.22. The van der Waals surface area contributed by atoms with Crippen LogP contribution in [0.2, 0.25) is 5.02 Å². The van der Waals surface area contributed by atoms with Gasteiger partial charge >= 0.3 is 0 Å². The zero-order chi connectivity index (χ0) is 24.3. The van der Waals surface area contributed by atoms with Crippen molar-refractivity contribution in [2.75, 3.05) is 12.3 Å². The van der Waals surface area contributed by atoms with Gasteiger partial charge in [-0.3, -0.25) is 9.59 Å². The van der Waals surface area contributed by atoms with E-state index in [9.17, 15) is 9.59 Å². The number of nitrogens with one attached hydrogen (secondary N) is 1. The van der Waals surface area contributed by atoms with Crippen LogP contribution in [0.1, 0.15) is 30.0 Å². The van der Waals surface area contributed by atoms with Crippen LogP contribution in [0.15, 0.2) is 83.8 Å². The summed E-state index contributed by atoms with van der Waals surface area (Å²) in [5.74, 6) is 0.464. The Kier molecular flexibility index (Phi) is 10.0. The van der Waals surface area contributed by atoms with Gasteiger partial charge in [-0.1, -0.05) is 71.8 Å². The molecule has 0 aromatic heterocycles. The van der Waals surface area contributed by atoms with E-state index in [-0.39, 0.29) is 11.8 Å². The quantitative estimate of drug-likeness (QED) is 0.337. The molecule has 0 heterocycles. The second-order valence-electron chi connectivity index (χ2n) is 8.16. The second kappa shape index (κ2) is 13.2. The Balaban J connectivity index is 1.81. The molecule has 0 saturated heterocycles. The molecule has 0 aliphatic carbocycles. The standard InChI is InChI=1S/C28H31ClN2O2S/c1-3-30-28(33)26(19-22-9-5-4-6-10-22)31(20-23-11-7-8-21(2)18-23)27(32)16-17-34-25-14-12-24(29)13-15-25/h4-15,18,26H,3,16-17,19-20H2,1-2H3,(H,30,33)/t26-/m1/s1. The molecule has 0 aliphatic heterocycles. The average molecular weight is 495 g/mol. The lowest BCUT2D eigenvalue weighted by Crippen LogP contribution is -2.50. The number of thioether (sulfide) groups is 1. The van der Waals surface area contributed by atoms with Crippen LogP contribution in [0, 0.1) is 6.92 Å². The molecule has 34 heavy (non-hydrogen) atoms. The first-order valence-corrected chi connectivity index (χ1v) is 12.9. The van der Waals surface area contributed by atoms with Crippen LogP contribution in [0.25, 0.3) is 0 Å². The van der Waals surface area contributed by atoms with Gasteiger partial charge in [0.15, 0.2) is 0 Å². The van der Waals surface area contributed by atoms with Crippen LogP contribution in [-0.4, -0.2) is 35.1 Å². The minimum absolute atomic E-state index is 0.0323. The molecule has 4 nitrogen and oxygen atoms in total. The van der Waals surface area contributed by atoms with E-state index < -0.39 is 6.04 Å². The van der Waals surface area contributed by atoms with E-state index in [4.69, 9.17) is 11.6 Å². The lowest BCUT2D eigenvalue weighted by molar-refractivity contribution is -0.140. The molecule has 0 saturated carbocycles. The number of hydrogen-bond donors (Lipinski definition) is 1. The minimum Gasteiger partial charge on any atom is -0.355 e. The van der Waals surface area contributed by atoms with Crippen molar-refractivity contribution >= 4 is 35.2 Å². The Morgan fingerprint density at radius 3 is 2.35 bits per heavy atom. The monoisotopic (exact) mass is 494 g/mol. The van der Waals surface area contributed by atoms with Gasteiger partial charge in [0.1, 0.15) is 6.04 Å². The maximum atomic E-state index is 13.5. The molecule has 1 N–H and O–H groups in total. The SMILES string of the molecule is CCNC(=O)[C@@H](Cc1ccccc1)N(Cc1cccc(C)c1)C(=O)CCSc1ccc(Cl)cc1. The number of carbonyl (C=O) groups is 2. The van der Waals surface area contributed by atoms with Crippen molar-refractivity contribution in [2.24, 2.45) is 0 Å². The summed E-state index contributed by atoms with van der Waals surface area (Å²) in [6.45, 7) is 4.83. The number of amides is 2. The lowest BCUT2D eigenvalue weighted by atomic mass is 10.0. The molecule has 0 unspecified atom stereocenters. The third-order valence-corrected chi connectivity index (χ3v) is 6.72. The largest absolute Gasteiger partial charge is 0.355 e. The number of likely N-dealkylation sites (N-methyl/N-ethyl adjacent to an activating group) is 1. The van der Waals surface area contributed by atoms with Crippen molar-refractivity contribution in [1.29, 1.82) is 0 Å². The average Bonchev–Trinajstić information content (AvgIpc) is 2.83. The summed E-state index contributed by atoms with van der Waals surface area (Å²) < 4.78 is 0. The Bertz CT molecular complexity index is 1070. The first kappa shape index (κ1) is 25.9. The molecule has 178 valence electrons. The van der Waals surface area contributed by atoms with Crippen LogP contribution in [0.5, 0.6) is 0 Å². The Hall–Kier alpha value is -2.76. The summed E-state index contributed by atoms with van der Waals surface area (Å²) in [7, 11) is 0. The normalized spacial score (nSPS) is 11.6. The molecular weight excluding hydrogens is 464 g/mol. The predicted octanol–water partition coefficient (Wildman–Crippen LogP) is 5.91. The Morgan fingerprint density at radius 2 is 1.68 bits per heavy atom. The molecule has 0 bridgehead atoms. The molecule has 0 fully saturated rings. The minimum atomic E-state index is -0.587. The van der Waals surface area contributed by atoms with E-state index in [0.29, 0.717) is 36.7 Å². The highest BCUT2D eigenvalue weighted by Gasteiger charge is 2.29. The fourth-order valence-corrected chi connectivity index (χ4v) is 4.75. The highest BCUT2D eigenvalue weighted by molar-refractivity contribution is 7.99. The number of carbonyl (C=O) groups excluding carboxylic acids is 2. The van der Waals surface area contributed by atoms with Gasteiger partial charge in [0, 0.05) is 41.6 Å². The fraction of sp³-hybridized carbons (Fsp3) is 0.286. The maximum Gasteiger partial charge on any atom is 0.243 e. The van der Waals surface area contributed by atoms with Crippen LogP contribution in [0.3, 0.4) is 0 Å². The van der Waals surface area contributed by atoms with Crippen molar-refractivity contribution in [3.8, 4) is 0 Å². The Labute approximate surface area is 211 Å². The first-order valence-electron chi connectivity index (χ1n) is 11.5. The van der Waals surface area contributed by atoms with E-state index in [1.54, 1.807) is 16.7 Å². The predicted molar refractivity (Wildman–Crippen MR) is 141 cm³/mol. The van der Waals surface area contributed by atoms with Crippen molar-refractivity contribution in [1.82, 2.24) is 10.2 Å². The van der Waals surface area contributed by atoms with Gasteiger partial charge in [-0.25, -0.2) is 0 Å². The van der Waals surface area contributed by atoms with Gasteiger partial charge in [0.25, 0.3) is 0 Å². The van der Waals surface area contributed by atoms with Crippen LogP contribution in [-0.2, 0) is 22.6 Å². The van der Waals surface area contributed by atoms with Gasteiger partial charge in [-0.05, 0) is 49.2 Å². The van der Waals surface area contributed by atoms with E-state index in [2.05, 4.69) is 11.4 Å². The smallest absolute Gasteiger partial charge is 0.243 e. The van der Waals surface area contributed by atoms with Crippen molar-refractivity contribution in [3.05, 3.63) is 101 Å². The molecule has 0 aliphatic rings. The van der Waals surface area contributed by atoms with Crippen LogP contribution >= 0.6 is 23.4 Å². The number of benzene rings is 3. The number of halogens is 1. The molecule has 3 aromatic rings. The summed E-state index contributed by atoms with van der Waals surface area (Å²) in [6.07, 6.45) is 0.804. The molecule has 3 aromatic carbocycles. The third kappa shape index (κ3) is 7.93. The molecular formula is C28H31ClN2O2S. The second-order valence-corrected chi connectivity index (χ2v) is 9.77. The molecule has 2 amide bonds. The fourth-order valence-electron chi connectivity index (χ4n) is 3.78. The van der Waals surface area contributed by atoms with Gasteiger partial charge < -0.3 is 10.2 Å². The molecule has 1 atom stereocenters. The number of nitrogens with zero attached hydrogens (tertiary/aromatic N) is 1. The third-order valence-electron chi connectivity index (χ3n) is 5.46. The van der Waals surface area contributed by atoms with Gasteiger partial charge in [-0.15, -0.1) is 11.8 Å². The van der Waals surface area contributed by atoms with E-state index >= 15 is 0 Å². The summed E-state index contributed by atoms with van der Waals surface area (Å²) in [5, 5.41) is 3.63. The molecule has 0 radical (unpaired) electrons. The zero-order valence-corrected chi connectivity index (χ0v) is 21.2. The summed E-state index contributed by atoms with van der Waals surface area (Å²) >= 11 is 7.59. The summed E-state index contributed by atoms with van der Waals surface area (Å²) in [5.41, 5.74) is 3.17. The Morgan fingerprint density at radius 1 is 0.971 bits per heavy atom. The highest BCUT2D eigenvalue weighted by atomic mass is 35.5. The van der Waals surface area contributed by atoms with Crippen LogP contribution in [0.4, 0.5) is 0 Å².